The quantitative estimate of drug-likeness (QED) is 0.646. The van der Waals surface area contributed by atoms with Crippen LogP contribution in [0.3, 0.4) is 0 Å². The molecule has 1 saturated heterocycles. The van der Waals surface area contributed by atoms with Gasteiger partial charge in [-0.1, -0.05) is 0 Å². The molecule has 142 valence electrons. The van der Waals surface area contributed by atoms with Crippen LogP contribution in [0.25, 0.3) is 0 Å². The molecule has 0 atom stereocenters. The Labute approximate surface area is 150 Å². The van der Waals surface area contributed by atoms with Crippen LogP contribution in [-0.2, 0) is 24.8 Å². The van der Waals surface area contributed by atoms with Crippen molar-refractivity contribution in [2.45, 2.75) is 49.0 Å². The zero-order valence-corrected chi connectivity index (χ0v) is 16.3. The summed E-state index contributed by atoms with van der Waals surface area (Å²) < 4.78 is 58.6. The first-order valence-electron chi connectivity index (χ1n) is 8.45. The van der Waals surface area contributed by atoms with Gasteiger partial charge in [0.05, 0.1) is 15.9 Å². The predicted molar refractivity (Wildman–Crippen MR) is 95.3 cm³/mol. The second-order valence-electron chi connectivity index (χ2n) is 6.25. The topological polar surface area (TPSA) is 92.8 Å². The van der Waals surface area contributed by atoms with Gasteiger partial charge in [-0.05, 0) is 57.4 Å². The van der Waals surface area contributed by atoms with Crippen LogP contribution in [0.2, 0.25) is 0 Å². The molecule has 1 heterocycles. The molecule has 25 heavy (non-hydrogen) atoms. The Kier molecular flexibility index (Phi) is 6.98. The highest BCUT2D eigenvalue weighted by Gasteiger charge is 2.27. The molecule has 9 heteroatoms. The fourth-order valence-electron chi connectivity index (χ4n) is 2.55. The fourth-order valence-corrected chi connectivity index (χ4v) is 5.14. The summed E-state index contributed by atoms with van der Waals surface area (Å²) in [5.74, 6) is 0. The van der Waals surface area contributed by atoms with Gasteiger partial charge in [0.2, 0.25) is 20.0 Å². The molecule has 0 aromatic heterocycles. The lowest BCUT2D eigenvalue weighted by atomic mass is 10.4. The van der Waals surface area contributed by atoms with Gasteiger partial charge in [0, 0.05) is 26.2 Å². The standard InChI is InChI=1S/C16H26N2O5S2/c1-14(2)23-13-5-10-17-24(19,20)15-6-8-16(9-7-15)25(21,22)18-11-3-4-12-18/h6-9,14,17H,3-5,10-13H2,1-2H3. The average Bonchev–Trinajstić information content (AvgIpc) is 3.09. The average molecular weight is 391 g/mol. The Morgan fingerprint density at radius 2 is 1.60 bits per heavy atom. The Bertz CT molecular complexity index is 752. The van der Waals surface area contributed by atoms with E-state index in [1.165, 1.54) is 28.6 Å². The highest BCUT2D eigenvalue weighted by atomic mass is 32.2. The first-order valence-corrected chi connectivity index (χ1v) is 11.4. The molecule has 0 spiro atoms. The van der Waals surface area contributed by atoms with Crippen molar-refractivity contribution in [2.24, 2.45) is 0 Å². The van der Waals surface area contributed by atoms with Crippen LogP contribution in [0.5, 0.6) is 0 Å². The zero-order valence-electron chi connectivity index (χ0n) is 14.6. The smallest absolute Gasteiger partial charge is 0.243 e. The van der Waals surface area contributed by atoms with E-state index in [4.69, 9.17) is 4.74 Å². The predicted octanol–water partition coefficient (Wildman–Crippen LogP) is 1.56. The van der Waals surface area contributed by atoms with Gasteiger partial charge in [-0.25, -0.2) is 21.6 Å². The van der Waals surface area contributed by atoms with E-state index in [1.807, 2.05) is 13.8 Å². The molecule has 1 aliphatic rings. The van der Waals surface area contributed by atoms with E-state index >= 15 is 0 Å². The van der Waals surface area contributed by atoms with Crippen molar-refractivity contribution in [3.63, 3.8) is 0 Å². The van der Waals surface area contributed by atoms with Gasteiger partial charge >= 0.3 is 0 Å². The molecule has 0 bridgehead atoms. The van der Waals surface area contributed by atoms with Gasteiger partial charge < -0.3 is 4.74 Å². The highest BCUT2D eigenvalue weighted by Crippen LogP contribution is 2.22. The fraction of sp³-hybridized carbons (Fsp3) is 0.625. The summed E-state index contributed by atoms with van der Waals surface area (Å²) >= 11 is 0. The van der Waals surface area contributed by atoms with Crippen molar-refractivity contribution in [3.8, 4) is 0 Å². The van der Waals surface area contributed by atoms with Crippen molar-refractivity contribution in [3.05, 3.63) is 24.3 Å². The summed E-state index contributed by atoms with van der Waals surface area (Å²) in [5, 5.41) is 0. The van der Waals surface area contributed by atoms with Crippen molar-refractivity contribution in [2.75, 3.05) is 26.2 Å². The molecule has 0 unspecified atom stereocenters. The number of sulfonamides is 2. The van der Waals surface area contributed by atoms with Crippen LogP contribution in [0.4, 0.5) is 0 Å². The lowest BCUT2D eigenvalue weighted by Gasteiger charge is -2.15. The van der Waals surface area contributed by atoms with E-state index in [-0.39, 0.29) is 22.4 Å². The SMILES string of the molecule is CC(C)OCCCNS(=O)(=O)c1ccc(S(=O)(=O)N2CCCC2)cc1. The number of nitrogens with zero attached hydrogens (tertiary/aromatic N) is 1. The van der Waals surface area contributed by atoms with E-state index in [0.717, 1.165) is 12.8 Å². The molecular formula is C16H26N2O5S2. The first kappa shape index (κ1) is 20.3. The second-order valence-corrected chi connectivity index (χ2v) is 9.96. The third-order valence-electron chi connectivity index (χ3n) is 3.90. The molecular weight excluding hydrogens is 364 g/mol. The minimum absolute atomic E-state index is 0.0534. The van der Waals surface area contributed by atoms with Gasteiger partial charge in [-0.3, -0.25) is 0 Å². The maximum atomic E-state index is 12.4. The van der Waals surface area contributed by atoms with E-state index in [2.05, 4.69) is 4.72 Å². The lowest BCUT2D eigenvalue weighted by molar-refractivity contribution is 0.0778. The molecule has 1 N–H and O–H groups in total. The Balaban J connectivity index is 1.98. The van der Waals surface area contributed by atoms with Gasteiger partial charge in [-0.2, -0.15) is 4.31 Å². The van der Waals surface area contributed by atoms with Gasteiger partial charge in [0.1, 0.15) is 0 Å². The molecule has 2 rings (SSSR count). The minimum atomic E-state index is -3.66. The maximum absolute atomic E-state index is 12.4. The monoisotopic (exact) mass is 390 g/mol. The van der Waals surface area contributed by atoms with Crippen molar-refractivity contribution < 1.29 is 21.6 Å². The molecule has 0 saturated carbocycles. The van der Waals surface area contributed by atoms with Crippen LogP contribution in [0.1, 0.15) is 33.1 Å². The van der Waals surface area contributed by atoms with Crippen LogP contribution in [-0.4, -0.2) is 53.5 Å². The summed E-state index contributed by atoms with van der Waals surface area (Å²) in [5.41, 5.74) is 0. The van der Waals surface area contributed by atoms with E-state index in [0.29, 0.717) is 26.1 Å². The van der Waals surface area contributed by atoms with Crippen LogP contribution in [0, 0.1) is 0 Å². The zero-order chi connectivity index (χ0) is 18.5. The van der Waals surface area contributed by atoms with E-state index < -0.39 is 20.0 Å². The van der Waals surface area contributed by atoms with Crippen molar-refractivity contribution in [1.29, 1.82) is 0 Å². The maximum Gasteiger partial charge on any atom is 0.243 e. The Morgan fingerprint density at radius 1 is 1.04 bits per heavy atom. The highest BCUT2D eigenvalue weighted by molar-refractivity contribution is 7.89. The molecule has 7 nitrogen and oxygen atoms in total. The third-order valence-corrected chi connectivity index (χ3v) is 7.29. The summed E-state index contributed by atoms with van der Waals surface area (Å²) in [4.78, 5) is 0.177. The van der Waals surface area contributed by atoms with Gasteiger partial charge in [0.15, 0.2) is 0 Å². The van der Waals surface area contributed by atoms with Crippen molar-refractivity contribution in [1.82, 2.24) is 9.03 Å². The normalized spacial score (nSPS) is 16.6. The third kappa shape index (κ3) is 5.49. The number of nitrogens with one attached hydrogen (secondary N) is 1. The molecule has 1 aromatic rings. The second kappa shape index (κ2) is 8.59. The summed E-state index contributed by atoms with van der Waals surface area (Å²) in [6.07, 6.45) is 2.40. The summed E-state index contributed by atoms with van der Waals surface area (Å²) in [6, 6.07) is 5.36. The van der Waals surface area contributed by atoms with Crippen LogP contribution >= 0.6 is 0 Å². The molecule has 1 aliphatic heterocycles. The molecule has 0 aliphatic carbocycles. The van der Waals surface area contributed by atoms with Crippen molar-refractivity contribution >= 4 is 20.0 Å². The van der Waals surface area contributed by atoms with E-state index in [1.54, 1.807) is 0 Å². The summed E-state index contributed by atoms with van der Waals surface area (Å²) in [7, 11) is -7.19. The van der Waals surface area contributed by atoms with Crippen LogP contribution in [0.15, 0.2) is 34.1 Å². The molecule has 1 fully saturated rings. The van der Waals surface area contributed by atoms with Gasteiger partial charge in [0.25, 0.3) is 0 Å². The number of hydrogen-bond donors (Lipinski definition) is 1. The number of hydrogen-bond acceptors (Lipinski definition) is 5. The van der Waals surface area contributed by atoms with Crippen LogP contribution < -0.4 is 4.72 Å². The Hall–Kier alpha value is -1.00. The summed E-state index contributed by atoms with van der Waals surface area (Å²) in [6.45, 7) is 5.62. The first-order chi connectivity index (χ1) is 11.7. The van der Waals surface area contributed by atoms with E-state index in [9.17, 15) is 16.8 Å². The number of ether oxygens (including phenoxy) is 1. The molecule has 1 aromatic carbocycles. The minimum Gasteiger partial charge on any atom is -0.379 e. The number of rotatable bonds is 9. The lowest BCUT2D eigenvalue weighted by Crippen LogP contribution is -2.28. The number of benzene rings is 1. The van der Waals surface area contributed by atoms with Gasteiger partial charge in [-0.15, -0.1) is 0 Å². The largest absolute Gasteiger partial charge is 0.379 e. The Morgan fingerprint density at radius 3 is 2.16 bits per heavy atom. The molecule has 0 radical (unpaired) electrons. The molecule has 0 amide bonds.